The second kappa shape index (κ2) is 6.41. The summed E-state index contributed by atoms with van der Waals surface area (Å²) in [7, 11) is 0. The lowest BCUT2D eigenvalue weighted by molar-refractivity contribution is -0.385. The van der Waals surface area contributed by atoms with E-state index < -0.39 is 10.8 Å². The summed E-state index contributed by atoms with van der Waals surface area (Å²) in [6, 6.07) is 15.3. The number of carbonyl (C=O) groups excluding carboxylic acids is 1. The van der Waals surface area contributed by atoms with Crippen LogP contribution in [0, 0.1) is 10.1 Å². The largest absolute Gasteiger partial charge is 0.454 e. The van der Waals surface area contributed by atoms with E-state index in [4.69, 9.17) is 4.42 Å². The molecule has 0 spiro atoms. The first-order valence-electron chi connectivity index (χ1n) is 7.61. The lowest BCUT2D eigenvalue weighted by Gasteiger charge is -2.02. The lowest BCUT2D eigenvalue weighted by atomic mass is 10.1. The molecule has 2 heterocycles. The smallest absolute Gasteiger partial charge is 0.282 e. The van der Waals surface area contributed by atoms with Crippen LogP contribution in [0.25, 0.3) is 22.4 Å². The Bertz CT molecular complexity index is 1100. The number of hydrogen-bond acceptors (Lipinski definition) is 6. The number of carbonyl (C=O) groups is 1. The van der Waals surface area contributed by atoms with E-state index >= 15 is 0 Å². The summed E-state index contributed by atoms with van der Waals surface area (Å²) in [6.07, 6.45) is 0. The van der Waals surface area contributed by atoms with E-state index in [2.05, 4.69) is 10.3 Å². The van der Waals surface area contributed by atoms with E-state index in [1.807, 2.05) is 30.3 Å². The molecule has 0 atom stereocenters. The maximum atomic E-state index is 12.4. The number of thiazole rings is 1. The Labute approximate surface area is 151 Å². The number of furan rings is 1. The van der Waals surface area contributed by atoms with Gasteiger partial charge in [-0.25, -0.2) is 4.98 Å². The number of amides is 1. The van der Waals surface area contributed by atoms with E-state index in [1.54, 1.807) is 11.4 Å². The Morgan fingerprint density at radius 3 is 2.73 bits per heavy atom. The molecule has 7 nitrogen and oxygen atoms in total. The fourth-order valence-corrected chi connectivity index (χ4v) is 3.24. The minimum atomic E-state index is -0.587. The number of hydrogen-bond donors (Lipinski definition) is 1. The van der Waals surface area contributed by atoms with Crippen LogP contribution >= 0.6 is 11.3 Å². The molecule has 0 aliphatic heterocycles. The molecule has 4 aromatic rings. The first-order valence-corrected chi connectivity index (χ1v) is 8.49. The van der Waals surface area contributed by atoms with E-state index in [0.717, 1.165) is 11.0 Å². The fourth-order valence-electron chi connectivity index (χ4n) is 2.54. The molecule has 4 rings (SSSR count). The molecule has 0 saturated heterocycles. The molecule has 0 radical (unpaired) electrons. The van der Waals surface area contributed by atoms with Crippen LogP contribution in [0.15, 0.2) is 64.4 Å². The minimum absolute atomic E-state index is 0.0158. The van der Waals surface area contributed by atoms with E-state index in [0.29, 0.717) is 16.6 Å². The molecule has 128 valence electrons. The normalized spacial score (nSPS) is 10.8. The maximum absolute atomic E-state index is 12.4. The summed E-state index contributed by atoms with van der Waals surface area (Å²) >= 11 is 1.22. The van der Waals surface area contributed by atoms with Crippen molar-refractivity contribution in [1.82, 2.24) is 4.98 Å². The summed E-state index contributed by atoms with van der Waals surface area (Å²) in [5.74, 6) is 0.0106. The van der Waals surface area contributed by atoms with Gasteiger partial charge in [0.05, 0.1) is 4.92 Å². The van der Waals surface area contributed by atoms with Gasteiger partial charge >= 0.3 is 0 Å². The van der Waals surface area contributed by atoms with Crippen LogP contribution in [0.1, 0.15) is 10.4 Å². The highest BCUT2D eigenvalue weighted by atomic mass is 32.1. The Hall–Kier alpha value is -3.52. The molecule has 0 aliphatic rings. The highest BCUT2D eigenvalue weighted by Gasteiger charge is 2.20. The monoisotopic (exact) mass is 365 g/mol. The van der Waals surface area contributed by atoms with Gasteiger partial charge in [-0.2, -0.15) is 0 Å². The molecular formula is C18H11N3O4S. The molecule has 26 heavy (non-hydrogen) atoms. The summed E-state index contributed by atoms with van der Waals surface area (Å²) in [6.45, 7) is 0. The highest BCUT2D eigenvalue weighted by molar-refractivity contribution is 7.14. The van der Waals surface area contributed by atoms with Crippen LogP contribution < -0.4 is 5.32 Å². The second-order valence-electron chi connectivity index (χ2n) is 5.41. The zero-order valence-corrected chi connectivity index (χ0v) is 14.0. The Morgan fingerprint density at radius 2 is 1.92 bits per heavy atom. The van der Waals surface area contributed by atoms with Gasteiger partial charge in [-0.05, 0) is 18.2 Å². The Balaban J connectivity index is 1.59. The van der Waals surface area contributed by atoms with Crippen molar-refractivity contribution in [2.45, 2.75) is 0 Å². The number of aromatic nitrogens is 1. The Kier molecular flexibility index (Phi) is 3.94. The number of nitro benzene ring substituents is 1. The van der Waals surface area contributed by atoms with Crippen LogP contribution in [0.5, 0.6) is 0 Å². The van der Waals surface area contributed by atoms with Gasteiger partial charge in [0.25, 0.3) is 11.6 Å². The number of fused-ring (bicyclic) bond motifs is 1. The van der Waals surface area contributed by atoms with Crippen LogP contribution in [0.3, 0.4) is 0 Å². The number of nitrogens with one attached hydrogen (secondary N) is 1. The third-order valence-corrected chi connectivity index (χ3v) is 4.51. The number of nitrogens with zero attached hydrogens (tertiary/aromatic N) is 2. The molecule has 1 amide bonds. The van der Waals surface area contributed by atoms with Crippen LogP contribution in [-0.2, 0) is 0 Å². The molecule has 0 bridgehead atoms. The standard InChI is InChI=1S/C18H11N3O4S/c22-17(12-6-2-3-7-14(12)21(23)24)20-18-19-13(10-26-18)16-9-11-5-1-4-8-15(11)25-16/h1-10H,(H,19,20,22). The topological polar surface area (TPSA) is 98.3 Å². The van der Waals surface area contributed by atoms with Crippen LogP contribution in [0.4, 0.5) is 10.8 Å². The van der Waals surface area contributed by atoms with Crippen molar-refractivity contribution in [3.8, 4) is 11.5 Å². The van der Waals surface area contributed by atoms with Gasteiger partial charge in [-0.1, -0.05) is 30.3 Å². The zero-order chi connectivity index (χ0) is 18.1. The van der Waals surface area contributed by atoms with E-state index in [9.17, 15) is 14.9 Å². The molecule has 2 aromatic carbocycles. The predicted octanol–water partition coefficient (Wildman–Crippen LogP) is 4.72. The molecule has 8 heteroatoms. The predicted molar refractivity (Wildman–Crippen MR) is 98.4 cm³/mol. The minimum Gasteiger partial charge on any atom is -0.454 e. The van der Waals surface area contributed by atoms with Crippen LogP contribution in [0.2, 0.25) is 0 Å². The van der Waals surface area contributed by atoms with Gasteiger partial charge < -0.3 is 4.42 Å². The zero-order valence-electron chi connectivity index (χ0n) is 13.2. The van der Waals surface area contributed by atoms with E-state index in [1.165, 1.54) is 29.5 Å². The molecule has 0 aliphatic carbocycles. The van der Waals surface area contributed by atoms with Crippen molar-refractivity contribution in [1.29, 1.82) is 0 Å². The summed E-state index contributed by atoms with van der Waals surface area (Å²) in [5.41, 5.74) is 1.07. The summed E-state index contributed by atoms with van der Waals surface area (Å²) < 4.78 is 5.75. The molecule has 0 saturated carbocycles. The fraction of sp³-hybridized carbons (Fsp3) is 0. The lowest BCUT2D eigenvalue weighted by Crippen LogP contribution is -2.13. The highest BCUT2D eigenvalue weighted by Crippen LogP contribution is 2.30. The average Bonchev–Trinajstić information content (AvgIpc) is 3.28. The number of rotatable bonds is 4. The number of benzene rings is 2. The Morgan fingerprint density at radius 1 is 1.15 bits per heavy atom. The van der Waals surface area contributed by atoms with Gasteiger partial charge in [0, 0.05) is 16.8 Å². The molecule has 0 unspecified atom stereocenters. The first-order chi connectivity index (χ1) is 12.6. The number of nitro groups is 1. The number of anilines is 1. The second-order valence-corrected chi connectivity index (χ2v) is 6.27. The van der Waals surface area contributed by atoms with E-state index in [-0.39, 0.29) is 11.3 Å². The third-order valence-electron chi connectivity index (χ3n) is 3.75. The molecular weight excluding hydrogens is 354 g/mol. The summed E-state index contributed by atoms with van der Waals surface area (Å²) in [5, 5.41) is 16.7. The van der Waals surface area contributed by atoms with Gasteiger partial charge in [0.1, 0.15) is 16.8 Å². The van der Waals surface area contributed by atoms with Crippen LogP contribution in [-0.4, -0.2) is 15.8 Å². The van der Waals surface area contributed by atoms with Crippen molar-refractivity contribution in [2.24, 2.45) is 0 Å². The van der Waals surface area contributed by atoms with Crippen molar-refractivity contribution in [3.63, 3.8) is 0 Å². The van der Waals surface area contributed by atoms with Crippen molar-refractivity contribution in [3.05, 3.63) is 75.7 Å². The summed E-state index contributed by atoms with van der Waals surface area (Å²) in [4.78, 5) is 27.2. The van der Waals surface area contributed by atoms with Gasteiger partial charge in [0.2, 0.25) is 0 Å². The molecule has 0 fully saturated rings. The van der Waals surface area contributed by atoms with Crippen molar-refractivity contribution >= 4 is 39.0 Å². The quantitative estimate of drug-likeness (QED) is 0.417. The van der Waals surface area contributed by atoms with Crippen molar-refractivity contribution < 1.29 is 14.1 Å². The third kappa shape index (κ3) is 2.93. The molecule has 2 aromatic heterocycles. The maximum Gasteiger partial charge on any atom is 0.282 e. The molecule has 1 N–H and O–H groups in total. The van der Waals surface area contributed by atoms with Gasteiger partial charge in [-0.15, -0.1) is 11.3 Å². The SMILES string of the molecule is O=C(Nc1nc(-c2cc3ccccc3o2)cs1)c1ccccc1[N+](=O)[O-]. The van der Waals surface area contributed by atoms with Gasteiger partial charge in [0.15, 0.2) is 10.9 Å². The first kappa shape index (κ1) is 16.0. The van der Waals surface area contributed by atoms with Gasteiger partial charge in [-0.3, -0.25) is 20.2 Å². The van der Waals surface area contributed by atoms with Crippen molar-refractivity contribution in [2.75, 3.05) is 5.32 Å². The number of para-hydroxylation sites is 2. The average molecular weight is 365 g/mol.